The summed E-state index contributed by atoms with van der Waals surface area (Å²) < 4.78 is 27.5. The van der Waals surface area contributed by atoms with E-state index < -0.39 is 21.7 Å². The standard InChI is InChI=1S/C14H21N3O5S/c1-14(2,3)22-13(18)17(10-16-4)21-9-11-5-7-12(8-6-11)23(15,19)20/h5-8,10H,9H2,1-4H3,(H2,15,19,20)/b16-10-. The average Bonchev–Trinajstić information content (AvgIpc) is 2.41. The van der Waals surface area contributed by atoms with Gasteiger partial charge in [-0.15, -0.1) is 5.06 Å². The molecule has 0 aliphatic heterocycles. The summed E-state index contributed by atoms with van der Waals surface area (Å²) in [6.45, 7) is 5.23. The largest absolute Gasteiger partial charge is 0.442 e. The molecule has 1 amide bonds. The maximum absolute atomic E-state index is 11.9. The first-order valence-electron chi connectivity index (χ1n) is 6.72. The summed E-state index contributed by atoms with van der Waals surface area (Å²) in [5.74, 6) is 0. The summed E-state index contributed by atoms with van der Waals surface area (Å²) in [4.78, 5) is 21.0. The highest BCUT2D eigenvalue weighted by atomic mass is 32.2. The summed E-state index contributed by atoms with van der Waals surface area (Å²) in [5, 5.41) is 5.90. The Balaban J connectivity index is 2.74. The predicted octanol–water partition coefficient (Wildman–Crippen LogP) is 1.66. The van der Waals surface area contributed by atoms with E-state index in [4.69, 9.17) is 14.7 Å². The molecule has 0 radical (unpaired) electrons. The van der Waals surface area contributed by atoms with E-state index in [0.29, 0.717) is 5.56 Å². The van der Waals surface area contributed by atoms with Gasteiger partial charge in [0.05, 0.1) is 4.90 Å². The second-order valence-electron chi connectivity index (χ2n) is 5.64. The third-order valence-electron chi connectivity index (χ3n) is 2.42. The number of hydrogen-bond acceptors (Lipinski definition) is 6. The molecule has 0 heterocycles. The second kappa shape index (κ2) is 7.53. The zero-order valence-electron chi connectivity index (χ0n) is 13.5. The number of nitrogens with zero attached hydrogens (tertiary/aromatic N) is 2. The molecule has 8 nitrogen and oxygen atoms in total. The minimum absolute atomic E-state index is 0.000342. The van der Waals surface area contributed by atoms with Crippen molar-refractivity contribution in [1.29, 1.82) is 0 Å². The Morgan fingerprint density at radius 3 is 2.30 bits per heavy atom. The number of hydrogen-bond donors (Lipinski definition) is 1. The molecule has 1 aromatic rings. The molecule has 2 N–H and O–H groups in total. The molecule has 128 valence electrons. The molecule has 0 spiro atoms. The second-order valence-corrected chi connectivity index (χ2v) is 7.20. The molecular weight excluding hydrogens is 322 g/mol. The molecule has 0 fully saturated rings. The van der Waals surface area contributed by atoms with Crippen molar-refractivity contribution in [2.45, 2.75) is 37.9 Å². The van der Waals surface area contributed by atoms with Gasteiger partial charge in [-0.1, -0.05) is 12.1 Å². The monoisotopic (exact) mass is 343 g/mol. The van der Waals surface area contributed by atoms with Gasteiger partial charge >= 0.3 is 6.09 Å². The van der Waals surface area contributed by atoms with Gasteiger partial charge in [0.2, 0.25) is 10.0 Å². The van der Waals surface area contributed by atoms with E-state index in [1.165, 1.54) is 37.7 Å². The van der Waals surface area contributed by atoms with E-state index in [1.807, 2.05) is 0 Å². The molecule has 0 saturated heterocycles. The van der Waals surface area contributed by atoms with E-state index >= 15 is 0 Å². The van der Waals surface area contributed by atoms with Crippen LogP contribution in [0.1, 0.15) is 26.3 Å². The topological polar surface area (TPSA) is 111 Å². The van der Waals surface area contributed by atoms with Gasteiger partial charge in [0.15, 0.2) is 0 Å². The van der Waals surface area contributed by atoms with Crippen LogP contribution < -0.4 is 5.14 Å². The first kappa shape index (κ1) is 19.1. The number of aliphatic imine (C=N–C) groups is 1. The number of carbonyl (C=O) groups is 1. The van der Waals surface area contributed by atoms with E-state index in [0.717, 1.165) is 5.06 Å². The maximum atomic E-state index is 11.9. The average molecular weight is 343 g/mol. The van der Waals surface area contributed by atoms with E-state index in [1.54, 1.807) is 20.8 Å². The molecule has 0 aliphatic rings. The van der Waals surface area contributed by atoms with E-state index in [-0.39, 0.29) is 11.5 Å². The van der Waals surface area contributed by atoms with Crippen LogP contribution in [0.2, 0.25) is 0 Å². The van der Waals surface area contributed by atoms with Gasteiger partial charge in [-0.25, -0.2) is 18.4 Å². The first-order chi connectivity index (χ1) is 10.5. The van der Waals surface area contributed by atoms with Crippen LogP contribution in [-0.4, -0.2) is 38.6 Å². The van der Waals surface area contributed by atoms with Crippen molar-refractivity contribution in [3.8, 4) is 0 Å². The Bertz CT molecular complexity index is 663. The van der Waals surface area contributed by atoms with Crippen molar-refractivity contribution in [3.63, 3.8) is 0 Å². The van der Waals surface area contributed by atoms with E-state index in [9.17, 15) is 13.2 Å². The fourth-order valence-corrected chi connectivity index (χ4v) is 1.98. The van der Waals surface area contributed by atoms with Crippen molar-refractivity contribution in [2.75, 3.05) is 7.05 Å². The molecule has 23 heavy (non-hydrogen) atoms. The number of amides is 1. The van der Waals surface area contributed by atoms with Crippen molar-refractivity contribution in [2.24, 2.45) is 10.1 Å². The van der Waals surface area contributed by atoms with Crippen LogP contribution in [0.5, 0.6) is 0 Å². The highest BCUT2D eigenvalue weighted by molar-refractivity contribution is 7.89. The summed E-state index contributed by atoms with van der Waals surface area (Å²) in [5.41, 5.74) is -0.0207. The van der Waals surface area contributed by atoms with Crippen molar-refractivity contribution >= 4 is 22.5 Å². The van der Waals surface area contributed by atoms with Gasteiger partial charge in [-0.2, -0.15) is 0 Å². The molecule has 0 bridgehead atoms. The van der Waals surface area contributed by atoms with Crippen molar-refractivity contribution in [1.82, 2.24) is 5.06 Å². The smallest absolute Gasteiger partial charge is 0.440 e. The number of sulfonamides is 1. The van der Waals surface area contributed by atoms with Crippen LogP contribution in [0.3, 0.4) is 0 Å². The highest BCUT2D eigenvalue weighted by Crippen LogP contribution is 2.12. The first-order valence-corrected chi connectivity index (χ1v) is 8.27. The highest BCUT2D eigenvalue weighted by Gasteiger charge is 2.22. The minimum atomic E-state index is -3.74. The zero-order chi connectivity index (χ0) is 17.7. The maximum Gasteiger partial charge on any atom is 0.440 e. The Kier molecular flexibility index (Phi) is 6.25. The fraction of sp³-hybridized carbons (Fsp3) is 0.429. The number of nitrogens with two attached hydrogens (primary N) is 1. The van der Waals surface area contributed by atoms with Crippen LogP contribution in [0, 0.1) is 0 Å². The Morgan fingerprint density at radius 1 is 1.30 bits per heavy atom. The van der Waals surface area contributed by atoms with Crippen molar-refractivity contribution < 1.29 is 22.8 Å². The van der Waals surface area contributed by atoms with Gasteiger partial charge in [0, 0.05) is 7.05 Å². The lowest BCUT2D eigenvalue weighted by Gasteiger charge is -2.24. The number of ether oxygens (including phenoxy) is 1. The number of rotatable bonds is 5. The lowest BCUT2D eigenvalue weighted by molar-refractivity contribution is -0.105. The molecular formula is C14H21N3O5S. The number of benzene rings is 1. The SMILES string of the molecule is C/N=C\N(OCc1ccc(S(N)(=O)=O)cc1)C(=O)OC(C)(C)C. The molecule has 1 rings (SSSR count). The van der Waals surface area contributed by atoms with Crippen LogP contribution in [0.25, 0.3) is 0 Å². The lowest BCUT2D eigenvalue weighted by atomic mass is 10.2. The number of primary sulfonamides is 1. The van der Waals surface area contributed by atoms with Crippen LogP contribution >= 0.6 is 0 Å². The summed E-state index contributed by atoms with van der Waals surface area (Å²) in [6.07, 6.45) is 0.483. The number of carbonyl (C=O) groups excluding carboxylic acids is 1. The normalized spacial score (nSPS) is 12.4. The van der Waals surface area contributed by atoms with Crippen LogP contribution in [0.15, 0.2) is 34.2 Å². The molecule has 0 saturated carbocycles. The predicted molar refractivity (Wildman–Crippen MR) is 85.1 cm³/mol. The fourth-order valence-electron chi connectivity index (χ4n) is 1.46. The minimum Gasteiger partial charge on any atom is -0.442 e. The molecule has 0 aromatic heterocycles. The Hall–Kier alpha value is -1.97. The summed E-state index contributed by atoms with van der Waals surface area (Å²) in [6, 6.07) is 5.80. The molecule has 0 unspecified atom stereocenters. The van der Waals surface area contributed by atoms with Gasteiger partial charge in [-0.3, -0.25) is 9.83 Å². The van der Waals surface area contributed by atoms with Gasteiger partial charge in [0.1, 0.15) is 18.5 Å². The lowest BCUT2D eigenvalue weighted by Crippen LogP contribution is -2.36. The molecule has 0 aliphatic carbocycles. The Labute approximate surface area is 135 Å². The molecule has 1 aromatic carbocycles. The zero-order valence-corrected chi connectivity index (χ0v) is 14.3. The third-order valence-corrected chi connectivity index (χ3v) is 3.35. The molecule has 0 atom stereocenters. The Morgan fingerprint density at radius 2 is 1.87 bits per heavy atom. The van der Waals surface area contributed by atoms with Gasteiger partial charge in [0.25, 0.3) is 0 Å². The van der Waals surface area contributed by atoms with E-state index in [2.05, 4.69) is 4.99 Å². The van der Waals surface area contributed by atoms with Crippen LogP contribution in [-0.2, 0) is 26.2 Å². The van der Waals surface area contributed by atoms with Crippen LogP contribution in [0.4, 0.5) is 4.79 Å². The van der Waals surface area contributed by atoms with Crippen molar-refractivity contribution in [3.05, 3.63) is 29.8 Å². The summed E-state index contributed by atoms with van der Waals surface area (Å²) in [7, 11) is -2.25. The third kappa shape index (κ3) is 6.76. The van der Waals surface area contributed by atoms with Gasteiger partial charge in [-0.05, 0) is 38.5 Å². The summed E-state index contributed by atoms with van der Waals surface area (Å²) >= 11 is 0. The quantitative estimate of drug-likeness (QED) is 0.496. The van der Waals surface area contributed by atoms with Gasteiger partial charge < -0.3 is 4.74 Å². The number of hydroxylamine groups is 2. The molecule has 9 heteroatoms.